The van der Waals surface area contributed by atoms with Gasteiger partial charge in [0.2, 0.25) is 0 Å². The number of rotatable bonds is 6. The van der Waals surface area contributed by atoms with Crippen LogP contribution in [0.25, 0.3) is 21.9 Å². The van der Waals surface area contributed by atoms with Crippen LogP contribution in [0.15, 0.2) is 52.3 Å². The Morgan fingerprint density at radius 3 is 2.59 bits per heavy atom. The summed E-state index contributed by atoms with van der Waals surface area (Å²) in [5.41, 5.74) is 1.37. The first-order valence-electron chi connectivity index (χ1n) is 11.5. The van der Waals surface area contributed by atoms with Gasteiger partial charge >= 0.3 is 5.69 Å². The average Bonchev–Trinajstić information content (AvgIpc) is 3.29. The van der Waals surface area contributed by atoms with Crippen LogP contribution >= 0.6 is 0 Å². The highest BCUT2D eigenvalue weighted by Gasteiger charge is 2.32. The van der Waals surface area contributed by atoms with Crippen LogP contribution in [-0.4, -0.2) is 43.6 Å². The predicted molar refractivity (Wildman–Crippen MR) is 131 cm³/mol. The highest BCUT2D eigenvalue weighted by Crippen LogP contribution is 2.26. The minimum absolute atomic E-state index is 0.0539. The quantitative estimate of drug-likeness (QED) is 0.418. The van der Waals surface area contributed by atoms with E-state index in [1.807, 2.05) is 22.8 Å². The maximum Gasteiger partial charge on any atom is 0.329 e. The number of pyridine rings is 1. The molecule has 5 rings (SSSR count). The van der Waals surface area contributed by atoms with Gasteiger partial charge in [-0.3, -0.25) is 18.9 Å². The SMILES string of the molecule is CC(C)CCn1c(Cn2c(=O)n(C3CCS(=O)(=O)C3)c3ccncc32)nc(=O)c2ccccc21. The largest absolute Gasteiger partial charge is 0.329 e. The summed E-state index contributed by atoms with van der Waals surface area (Å²) in [6.45, 7) is 5.02. The molecule has 1 aromatic carbocycles. The molecule has 0 aliphatic carbocycles. The molecule has 9 nitrogen and oxygen atoms in total. The molecule has 0 saturated carbocycles. The number of aryl methyl sites for hydroxylation is 1. The lowest BCUT2D eigenvalue weighted by Crippen LogP contribution is -2.30. The summed E-state index contributed by atoms with van der Waals surface area (Å²) in [6, 6.07) is 8.69. The van der Waals surface area contributed by atoms with Gasteiger partial charge < -0.3 is 4.57 Å². The van der Waals surface area contributed by atoms with Gasteiger partial charge in [0.15, 0.2) is 9.84 Å². The molecule has 1 aliphatic heterocycles. The van der Waals surface area contributed by atoms with Crippen LogP contribution in [0.4, 0.5) is 0 Å². The van der Waals surface area contributed by atoms with Gasteiger partial charge in [0, 0.05) is 12.7 Å². The standard InChI is InChI=1S/C24H27N5O4S/c1-16(2)8-11-27-19-6-4-3-5-18(19)23(30)26-22(27)14-28-21-13-25-10-7-20(21)29(24(28)31)17-9-12-34(32,33)15-17/h3-7,10,13,16-17H,8-9,11-12,14-15H2,1-2H3. The molecule has 0 N–H and O–H groups in total. The number of hydrogen-bond acceptors (Lipinski definition) is 6. The van der Waals surface area contributed by atoms with Crippen LogP contribution in [-0.2, 0) is 22.9 Å². The Hall–Kier alpha value is -3.27. The van der Waals surface area contributed by atoms with Crippen LogP contribution in [0, 0.1) is 5.92 Å². The molecule has 0 bridgehead atoms. The van der Waals surface area contributed by atoms with E-state index in [-0.39, 0.29) is 29.3 Å². The summed E-state index contributed by atoms with van der Waals surface area (Å²) in [7, 11) is -3.17. The Labute approximate surface area is 196 Å². The lowest BCUT2D eigenvalue weighted by Gasteiger charge is -2.17. The van der Waals surface area contributed by atoms with Gasteiger partial charge in [-0.2, -0.15) is 4.98 Å². The Balaban J connectivity index is 1.68. The third-order valence-corrected chi connectivity index (χ3v) is 8.29. The fraction of sp³-hybridized carbons (Fsp3) is 0.417. The first-order chi connectivity index (χ1) is 16.2. The third-order valence-electron chi connectivity index (χ3n) is 6.54. The van der Waals surface area contributed by atoms with Crippen molar-refractivity contribution in [2.75, 3.05) is 11.5 Å². The second-order valence-corrected chi connectivity index (χ2v) is 11.6. The summed E-state index contributed by atoms with van der Waals surface area (Å²) in [4.78, 5) is 35.0. The van der Waals surface area contributed by atoms with Crippen molar-refractivity contribution < 1.29 is 8.42 Å². The Morgan fingerprint density at radius 2 is 1.85 bits per heavy atom. The van der Waals surface area contributed by atoms with Crippen molar-refractivity contribution in [3.8, 4) is 0 Å². The summed E-state index contributed by atoms with van der Waals surface area (Å²) in [5.74, 6) is 0.961. The van der Waals surface area contributed by atoms with Crippen molar-refractivity contribution in [3.05, 3.63) is 69.4 Å². The van der Waals surface area contributed by atoms with Gasteiger partial charge in [0.05, 0.1) is 52.2 Å². The second kappa shape index (κ2) is 8.50. The Morgan fingerprint density at radius 1 is 1.06 bits per heavy atom. The van der Waals surface area contributed by atoms with Crippen LogP contribution < -0.4 is 11.2 Å². The molecule has 3 aromatic heterocycles. The van der Waals surface area contributed by atoms with Gasteiger partial charge in [-0.15, -0.1) is 0 Å². The summed E-state index contributed by atoms with van der Waals surface area (Å²) in [5, 5.41) is 0.544. The smallest absolute Gasteiger partial charge is 0.327 e. The molecule has 0 radical (unpaired) electrons. The molecule has 1 fully saturated rings. The molecule has 0 amide bonds. The van der Waals surface area contributed by atoms with Crippen molar-refractivity contribution in [3.63, 3.8) is 0 Å². The number of aromatic nitrogens is 5. The summed E-state index contributed by atoms with van der Waals surface area (Å²) in [6.07, 6.45) is 4.49. The second-order valence-electron chi connectivity index (χ2n) is 9.34. The van der Waals surface area contributed by atoms with Crippen LogP contribution in [0.5, 0.6) is 0 Å². The van der Waals surface area contributed by atoms with E-state index in [1.165, 1.54) is 0 Å². The molecular weight excluding hydrogens is 454 g/mol. The van der Waals surface area contributed by atoms with E-state index >= 15 is 0 Å². The van der Waals surface area contributed by atoms with Gasteiger partial charge in [0.1, 0.15) is 5.82 Å². The molecule has 34 heavy (non-hydrogen) atoms. The fourth-order valence-corrected chi connectivity index (χ4v) is 6.48. The minimum atomic E-state index is -3.17. The molecule has 178 valence electrons. The number of hydrogen-bond donors (Lipinski definition) is 0. The van der Waals surface area contributed by atoms with Crippen molar-refractivity contribution in [2.45, 2.75) is 45.8 Å². The lowest BCUT2D eigenvalue weighted by atomic mass is 10.1. The van der Waals surface area contributed by atoms with Gasteiger partial charge in [0.25, 0.3) is 5.56 Å². The first-order valence-corrected chi connectivity index (χ1v) is 13.3. The van der Waals surface area contributed by atoms with Gasteiger partial charge in [-0.25, -0.2) is 13.2 Å². The number of para-hydroxylation sites is 1. The molecule has 1 unspecified atom stereocenters. The van der Waals surface area contributed by atoms with E-state index < -0.39 is 15.9 Å². The third kappa shape index (κ3) is 3.96. The van der Waals surface area contributed by atoms with E-state index in [1.54, 1.807) is 33.7 Å². The number of imidazole rings is 1. The van der Waals surface area contributed by atoms with Gasteiger partial charge in [-0.05, 0) is 37.0 Å². The van der Waals surface area contributed by atoms with Crippen molar-refractivity contribution >= 4 is 31.8 Å². The van der Waals surface area contributed by atoms with E-state index in [9.17, 15) is 18.0 Å². The van der Waals surface area contributed by atoms with Crippen LogP contribution in [0.3, 0.4) is 0 Å². The van der Waals surface area contributed by atoms with Crippen molar-refractivity contribution in [1.29, 1.82) is 0 Å². The normalized spacial score (nSPS) is 17.8. The predicted octanol–water partition coefficient (Wildman–Crippen LogP) is 2.36. The first kappa shape index (κ1) is 22.5. The molecule has 1 saturated heterocycles. The zero-order valence-electron chi connectivity index (χ0n) is 19.2. The number of nitrogens with zero attached hydrogens (tertiary/aromatic N) is 5. The summed E-state index contributed by atoms with van der Waals surface area (Å²) < 4.78 is 29.4. The monoisotopic (exact) mass is 481 g/mol. The Bertz CT molecular complexity index is 1610. The Kier molecular flexibility index (Phi) is 5.63. The molecule has 4 heterocycles. The maximum absolute atomic E-state index is 13.6. The lowest BCUT2D eigenvalue weighted by molar-refractivity contribution is 0.496. The van der Waals surface area contributed by atoms with E-state index in [4.69, 9.17) is 0 Å². The highest BCUT2D eigenvalue weighted by molar-refractivity contribution is 7.91. The molecule has 1 aliphatic rings. The molecule has 10 heteroatoms. The highest BCUT2D eigenvalue weighted by atomic mass is 32.2. The minimum Gasteiger partial charge on any atom is -0.327 e. The number of benzene rings is 1. The average molecular weight is 482 g/mol. The molecular formula is C24H27N5O4S. The van der Waals surface area contributed by atoms with E-state index in [2.05, 4.69) is 23.8 Å². The summed E-state index contributed by atoms with van der Waals surface area (Å²) >= 11 is 0. The zero-order valence-corrected chi connectivity index (χ0v) is 20.0. The molecule has 0 spiro atoms. The zero-order chi connectivity index (χ0) is 24.0. The van der Waals surface area contributed by atoms with Crippen LogP contribution in [0.2, 0.25) is 0 Å². The van der Waals surface area contributed by atoms with E-state index in [0.717, 1.165) is 11.9 Å². The van der Waals surface area contributed by atoms with Crippen molar-refractivity contribution in [1.82, 2.24) is 23.7 Å². The maximum atomic E-state index is 13.6. The fourth-order valence-electron chi connectivity index (χ4n) is 4.78. The van der Waals surface area contributed by atoms with Crippen molar-refractivity contribution in [2.24, 2.45) is 5.92 Å². The topological polar surface area (TPSA) is 109 Å². The van der Waals surface area contributed by atoms with Crippen LogP contribution in [0.1, 0.15) is 38.6 Å². The van der Waals surface area contributed by atoms with E-state index in [0.29, 0.717) is 41.1 Å². The number of fused-ring (bicyclic) bond motifs is 2. The van der Waals surface area contributed by atoms with Gasteiger partial charge in [-0.1, -0.05) is 26.0 Å². The molecule has 1 atom stereocenters. The number of sulfone groups is 1. The molecule has 4 aromatic rings.